The number of nitrogens with zero attached hydrogens (tertiary/aromatic N) is 1. The summed E-state index contributed by atoms with van der Waals surface area (Å²) in [6.07, 6.45) is 5.93. The summed E-state index contributed by atoms with van der Waals surface area (Å²) in [5.74, 6) is -1.74. The maximum absolute atomic E-state index is 13.5. The number of hydrogen-bond donors (Lipinski definition) is 2. The van der Waals surface area contributed by atoms with E-state index in [1.807, 2.05) is 0 Å². The summed E-state index contributed by atoms with van der Waals surface area (Å²) in [6.45, 7) is 2.83. The van der Waals surface area contributed by atoms with Crippen molar-refractivity contribution < 1.29 is 8.78 Å². The molecule has 18 heavy (non-hydrogen) atoms. The lowest BCUT2D eigenvalue weighted by Gasteiger charge is -2.33. The lowest BCUT2D eigenvalue weighted by Crippen LogP contribution is -2.29. The van der Waals surface area contributed by atoms with Crippen LogP contribution >= 0.6 is 0 Å². The summed E-state index contributed by atoms with van der Waals surface area (Å²) < 4.78 is 26.5. The first-order valence-electron chi connectivity index (χ1n) is 6.36. The Bertz CT molecular complexity index is 428. The molecular formula is C13H19F2N3. The van der Waals surface area contributed by atoms with Gasteiger partial charge >= 0.3 is 0 Å². The molecule has 0 aromatic carbocycles. The summed E-state index contributed by atoms with van der Waals surface area (Å²) in [7, 11) is 0. The van der Waals surface area contributed by atoms with Gasteiger partial charge in [0.25, 0.3) is 0 Å². The highest BCUT2D eigenvalue weighted by Crippen LogP contribution is 2.35. The summed E-state index contributed by atoms with van der Waals surface area (Å²) in [4.78, 5) is 3.70. The van der Waals surface area contributed by atoms with Crippen LogP contribution in [0.2, 0.25) is 0 Å². The highest BCUT2D eigenvalue weighted by atomic mass is 19.1. The van der Waals surface area contributed by atoms with Crippen molar-refractivity contribution in [3.63, 3.8) is 0 Å². The number of nitrogens with one attached hydrogen (secondary N) is 1. The Hall–Kier alpha value is -1.39. The summed E-state index contributed by atoms with van der Waals surface area (Å²) >= 11 is 0. The van der Waals surface area contributed by atoms with Crippen LogP contribution in [0.15, 0.2) is 6.07 Å². The van der Waals surface area contributed by atoms with E-state index in [1.54, 1.807) is 0 Å². The van der Waals surface area contributed by atoms with Crippen molar-refractivity contribution >= 4 is 11.6 Å². The molecule has 0 atom stereocenters. The summed E-state index contributed by atoms with van der Waals surface area (Å²) in [6, 6.07) is 0.772. The Balaban J connectivity index is 2.03. The van der Waals surface area contributed by atoms with E-state index < -0.39 is 11.6 Å². The van der Waals surface area contributed by atoms with E-state index in [2.05, 4.69) is 17.2 Å². The van der Waals surface area contributed by atoms with Gasteiger partial charge in [0, 0.05) is 12.6 Å². The monoisotopic (exact) mass is 255 g/mol. The van der Waals surface area contributed by atoms with Gasteiger partial charge in [0.15, 0.2) is 23.3 Å². The summed E-state index contributed by atoms with van der Waals surface area (Å²) in [5, 5.41) is 2.96. The van der Waals surface area contributed by atoms with Crippen LogP contribution in [0, 0.1) is 17.0 Å². The SMILES string of the molecule is CC1(CNc2nc(N)c(F)cc2F)CCCCC1. The Morgan fingerprint density at radius 3 is 2.61 bits per heavy atom. The van der Waals surface area contributed by atoms with Gasteiger partial charge in [-0.1, -0.05) is 26.2 Å². The Morgan fingerprint density at radius 2 is 1.94 bits per heavy atom. The molecule has 1 aromatic heterocycles. The molecule has 0 radical (unpaired) electrons. The first kappa shape index (κ1) is 13.1. The molecule has 1 aromatic rings. The Morgan fingerprint density at radius 1 is 1.28 bits per heavy atom. The number of halogens is 2. The minimum absolute atomic E-state index is 0.0423. The number of anilines is 2. The summed E-state index contributed by atoms with van der Waals surface area (Å²) in [5.41, 5.74) is 5.50. The third-order valence-corrected chi connectivity index (χ3v) is 3.70. The average Bonchev–Trinajstić information content (AvgIpc) is 2.33. The number of pyridine rings is 1. The number of nitrogens with two attached hydrogens (primary N) is 1. The van der Waals surface area contributed by atoms with Crippen molar-refractivity contribution in [1.82, 2.24) is 4.98 Å². The molecule has 100 valence electrons. The van der Waals surface area contributed by atoms with Crippen molar-refractivity contribution in [3.8, 4) is 0 Å². The van der Waals surface area contributed by atoms with Crippen LogP contribution in [0.1, 0.15) is 39.0 Å². The zero-order valence-electron chi connectivity index (χ0n) is 10.6. The van der Waals surface area contributed by atoms with Gasteiger partial charge in [0.1, 0.15) is 0 Å². The van der Waals surface area contributed by atoms with Gasteiger partial charge in [-0.15, -0.1) is 0 Å². The smallest absolute Gasteiger partial charge is 0.168 e. The molecule has 1 aliphatic rings. The molecule has 3 nitrogen and oxygen atoms in total. The van der Waals surface area contributed by atoms with Crippen molar-refractivity contribution in [2.75, 3.05) is 17.6 Å². The van der Waals surface area contributed by atoms with E-state index in [0.717, 1.165) is 18.9 Å². The first-order valence-corrected chi connectivity index (χ1v) is 6.36. The van der Waals surface area contributed by atoms with Crippen LogP contribution in [0.25, 0.3) is 0 Å². The van der Waals surface area contributed by atoms with Crippen LogP contribution in [-0.4, -0.2) is 11.5 Å². The van der Waals surface area contributed by atoms with E-state index in [0.29, 0.717) is 6.54 Å². The lowest BCUT2D eigenvalue weighted by atomic mass is 9.76. The van der Waals surface area contributed by atoms with E-state index >= 15 is 0 Å². The van der Waals surface area contributed by atoms with Gasteiger partial charge in [0.05, 0.1) is 0 Å². The zero-order valence-corrected chi connectivity index (χ0v) is 10.6. The van der Waals surface area contributed by atoms with Crippen LogP contribution in [-0.2, 0) is 0 Å². The van der Waals surface area contributed by atoms with Crippen LogP contribution in [0.4, 0.5) is 20.4 Å². The minimum atomic E-state index is -0.818. The third-order valence-electron chi connectivity index (χ3n) is 3.70. The quantitative estimate of drug-likeness (QED) is 0.871. The second kappa shape index (κ2) is 5.08. The highest BCUT2D eigenvalue weighted by molar-refractivity contribution is 5.44. The van der Waals surface area contributed by atoms with Crippen LogP contribution < -0.4 is 11.1 Å². The van der Waals surface area contributed by atoms with Crippen molar-refractivity contribution in [3.05, 3.63) is 17.7 Å². The molecular weight excluding hydrogens is 236 g/mol. The van der Waals surface area contributed by atoms with E-state index in [1.165, 1.54) is 19.3 Å². The number of rotatable bonds is 3. The fourth-order valence-electron chi connectivity index (χ4n) is 2.48. The predicted molar refractivity (Wildman–Crippen MR) is 68.2 cm³/mol. The molecule has 2 rings (SSSR count). The second-order valence-corrected chi connectivity index (χ2v) is 5.41. The molecule has 0 spiro atoms. The Labute approximate surface area is 106 Å². The molecule has 5 heteroatoms. The van der Waals surface area contributed by atoms with Gasteiger partial charge < -0.3 is 11.1 Å². The fourth-order valence-corrected chi connectivity index (χ4v) is 2.48. The van der Waals surface area contributed by atoms with Gasteiger partial charge in [-0.3, -0.25) is 0 Å². The molecule has 0 bridgehead atoms. The highest BCUT2D eigenvalue weighted by Gasteiger charge is 2.27. The topological polar surface area (TPSA) is 50.9 Å². The normalized spacial score (nSPS) is 18.6. The molecule has 0 unspecified atom stereocenters. The van der Waals surface area contributed by atoms with Crippen LogP contribution in [0.5, 0.6) is 0 Å². The third kappa shape index (κ3) is 2.89. The first-order chi connectivity index (χ1) is 8.50. The largest absolute Gasteiger partial charge is 0.381 e. The maximum Gasteiger partial charge on any atom is 0.168 e. The van der Waals surface area contributed by atoms with Crippen molar-refractivity contribution in [1.29, 1.82) is 0 Å². The second-order valence-electron chi connectivity index (χ2n) is 5.41. The van der Waals surface area contributed by atoms with E-state index in [9.17, 15) is 8.78 Å². The number of aromatic nitrogens is 1. The fraction of sp³-hybridized carbons (Fsp3) is 0.615. The molecule has 0 saturated heterocycles. The zero-order chi connectivity index (χ0) is 13.2. The van der Waals surface area contributed by atoms with Gasteiger partial charge in [-0.2, -0.15) is 0 Å². The Kier molecular flexibility index (Phi) is 3.68. The molecule has 0 amide bonds. The van der Waals surface area contributed by atoms with Gasteiger partial charge in [0.2, 0.25) is 0 Å². The molecule has 1 heterocycles. The van der Waals surface area contributed by atoms with Crippen LogP contribution in [0.3, 0.4) is 0 Å². The maximum atomic E-state index is 13.5. The number of hydrogen-bond acceptors (Lipinski definition) is 3. The van der Waals surface area contributed by atoms with Crippen molar-refractivity contribution in [2.24, 2.45) is 5.41 Å². The minimum Gasteiger partial charge on any atom is -0.381 e. The molecule has 1 aliphatic carbocycles. The van der Waals surface area contributed by atoms with E-state index in [4.69, 9.17) is 5.73 Å². The molecule has 1 saturated carbocycles. The van der Waals surface area contributed by atoms with Gasteiger partial charge in [-0.05, 0) is 18.3 Å². The average molecular weight is 255 g/mol. The van der Waals surface area contributed by atoms with Crippen molar-refractivity contribution in [2.45, 2.75) is 39.0 Å². The number of nitrogen functional groups attached to an aromatic ring is 1. The molecule has 0 aliphatic heterocycles. The molecule has 3 N–H and O–H groups in total. The van der Waals surface area contributed by atoms with E-state index in [-0.39, 0.29) is 17.1 Å². The predicted octanol–water partition coefficient (Wildman–Crippen LogP) is 3.32. The van der Waals surface area contributed by atoms with Gasteiger partial charge in [-0.25, -0.2) is 13.8 Å². The standard InChI is InChI=1S/C13H19F2N3/c1-13(5-3-2-4-6-13)8-17-12-10(15)7-9(14)11(16)18-12/h7H,2-6,8H2,1H3,(H3,16,17,18). The lowest BCUT2D eigenvalue weighted by molar-refractivity contribution is 0.233. The molecule has 1 fully saturated rings.